The van der Waals surface area contributed by atoms with E-state index in [1.807, 2.05) is 30.3 Å². The van der Waals surface area contributed by atoms with Crippen LogP contribution in [0, 0.1) is 0 Å². The summed E-state index contributed by atoms with van der Waals surface area (Å²) in [5.41, 5.74) is 2.71. The number of benzene rings is 2. The van der Waals surface area contributed by atoms with Gasteiger partial charge >= 0.3 is 5.97 Å². The number of nitrogens with one attached hydrogen (secondary N) is 1. The first-order chi connectivity index (χ1) is 12.1. The molecule has 128 valence electrons. The summed E-state index contributed by atoms with van der Waals surface area (Å²) in [5, 5.41) is 3.12. The van der Waals surface area contributed by atoms with Crippen molar-refractivity contribution in [1.82, 2.24) is 5.32 Å². The van der Waals surface area contributed by atoms with Crippen molar-refractivity contribution in [2.75, 3.05) is 0 Å². The van der Waals surface area contributed by atoms with Gasteiger partial charge in [-0.3, -0.25) is 4.79 Å². The Morgan fingerprint density at radius 2 is 1.84 bits per heavy atom. The number of hydrogen-bond acceptors (Lipinski definition) is 3. The van der Waals surface area contributed by atoms with Crippen LogP contribution >= 0.6 is 0 Å². The van der Waals surface area contributed by atoms with Crippen LogP contribution in [0.25, 0.3) is 0 Å². The number of ether oxygens (including phenoxy) is 1. The number of cyclic esters (lactones) is 1. The zero-order valence-corrected chi connectivity index (χ0v) is 14.2. The molecule has 0 spiro atoms. The maximum Gasteiger partial charge on any atom is 0.339 e. The first-order valence-electron chi connectivity index (χ1n) is 8.77. The summed E-state index contributed by atoms with van der Waals surface area (Å²) in [7, 11) is 0. The third-order valence-corrected chi connectivity index (χ3v) is 5.24. The number of carbonyl (C=O) groups is 2. The smallest absolute Gasteiger partial charge is 0.339 e. The van der Waals surface area contributed by atoms with Gasteiger partial charge in [0.05, 0.1) is 11.6 Å². The second-order valence-corrected chi connectivity index (χ2v) is 7.07. The Bertz CT molecular complexity index is 845. The number of aryl methyl sites for hydroxylation is 1. The van der Waals surface area contributed by atoms with Gasteiger partial charge in [0.1, 0.15) is 0 Å². The fourth-order valence-corrected chi connectivity index (χ4v) is 3.87. The summed E-state index contributed by atoms with van der Waals surface area (Å²) in [5.74, 6) is -0.652. The summed E-state index contributed by atoms with van der Waals surface area (Å²) in [6, 6.07) is 15.5. The highest BCUT2D eigenvalue weighted by Crippen LogP contribution is 2.32. The highest BCUT2D eigenvalue weighted by Gasteiger charge is 2.43. The van der Waals surface area contributed by atoms with E-state index in [-0.39, 0.29) is 11.9 Å². The average Bonchev–Trinajstić information content (AvgIpc) is 2.62. The lowest BCUT2D eigenvalue weighted by atomic mass is 9.86. The van der Waals surface area contributed by atoms with Gasteiger partial charge < -0.3 is 10.1 Å². The predicted octanol–water partition coefficient (Wildman–Crippen LogP) is 3.35. The summed E-state index contributed by atoms with van der Waals surface area (Å²) >= 11 is 0. The molecule has 1 amide bonds. The van der Waals surface area contributed by atoms with Crippen LogP contribution in [-0.4, -0.2) is 17.5 Å². The largest absolute Gasteiger partial charge is 0.445 e. The Balaban J connectivity index is 1.57. The van der Waals surface area contributed by atoms with Crippen LogP contribution in [0.5, 0.6) is 0 Å². The molecule has 2 aliphatic rings. The van der Waals surface area contributed by atoms with Crippen LogP contribution < -0.4 is 5.32 Å². The molecule has 0 saturated heterocycles. The normalized spacial score (nSPS) is 24.7. The first-order valence-corrected chi connectivity index (χ1v) is 8.77. The first kappa shape index (κ1) is 15.9. The summed E-state index contributed by atoms with van der Waals surface area (Å²) in [6.45, 7) is 1.70. The van der Waals surface area contributed by atoms with E-state index >= 15 is 0 Å². The molecule has 0 unspecified atom stereocenters. The van der Waals surface area contributed by atoms with Gasteiger partial charge in [0.15, 0.2) is 5.60 Å². The van der Waals surface area contributed by atoms with Crippen LogP contribution in [0.4, 0.5) is 0 Å². The molecule has 0 bridgehead atoms. The van der Waals surface area contributed by atoms with E-state index in [9.17, 15) is 9.59 Å². The molecule has 1 heterocycles. The molecule has 2 aromatic carbocycles. The van der Waals surface area contributed by atoms with Crippen molar-refractivity contribution in [3.63, 3.8) is 0 Å². The van der Waals surface area contributed by atoms with E-state index in [1.54, 1.807) is 13.0 Å². The van der Waals surface area contributed by atoms with Gasteiger partial charge in [-0.15, -0.1) is 0 Å². The second kappa shape index (κ2) is 6.03. The van der Waals surface area contributed by atoms with Crippen LogP contribution in [0.1, 0.15) is 52.9 Å². The van der Waals surface area contributed by atoms with Gasteiger partial charge in [-0.2, -0.15) is 0 Å². The lowest BCUT2D eigenvalue weighted by Crippen LogP contribution is -2.52. The summed E-state index contributed by atoms with van der Waals surface area (Å²) in [4.78, 5) is 25.3. The van der Waals surface area contributed by atoms with Crippen molar-refractivity contribution in [3.05, 3.63) is 70.8 Å². The number of rotatable bonds is 2. The Labute approximate surface area is 147 Å². The van der Waals surface area contributed by atoms with Crippen LogP contribution in [0.2, 0.25) is 0 Å². The zero-order chi connectivity index (χ0) is 17.4. The number of fused-ring (bicyclic) bond motifs is 2. The molecule has 25 heavy (non-hydrogen) atoms. The molecule has 0 saturated carbocycles. The maximum atomic E-state index is 13.0. The van der Waals surface area contributed by atoms with E-state index in [2.05, 4.69) is 17.4 Å². The molecule has 0 fully saturated rings. The molecule has 0 radical (unpaired) electrons. The van der Waals surface area contributed by atoms with Crippen LogP contribution in [-0.2, 0) is 22.4 Å². The van der Waals surface area contributed by atoms with Crippen molar-refractivity contribution in [1.29, 1.82) is 0 Å². The average molecular weight is 335 g/mol. The number of esters is 1. The molecule has 4 rings (SSSR count). The molecule has 4 heteroatoms. The zero-order valence-electron chi connectivity index (χ0n) is 14.2. The molecule has 1 N–H and O–H groups in total. The molecule has 4 nitrogen and oxygen atoms in total. The van der Waals surface area contributed by atoms with Crippen molar-refractivity contribution in [2.24, 2.45) is 0 Å². The van der Waals surface area contributed by atoms with Crippen molar-refractivity contribution in [3.8, 4) is 0 Å². The Kier molecular flexibility index (Phi) is 3.83. The topological polar surface area (TPSA) is 55.4 Å². The maximum absolute atomic E-state index is 13.0. The SMILES string of the molecule is C[C@@]1(C(=O)N[C@@H]2CCCc3ccccc32)Cc2ccccc2C(=O)O1. The van der Waals surface area contributed by atoms with E-state index < -0.39 is 11.6 Å². The van der Waals surface area contributed by atoms with Gasteiger partial charge in [-0.05, 0) is 48.9 Å². The number of amides is 1. The van der Waals surface area contributed by atoms with Crippen LogP contribution in [0.3, 0.4) is 0 Å². The Morgan fingerprint density at radius 3 is 2.68 bits per heavy atom. The molecule has 2 atom stereocenters. The van der Waals surface area contributed by atoms with E-state index in [0.717, 1.165) is 24.8 Å². The summed E-state index contributed by atoms with van der Waals surface area (Å²) < 4.78 is 5.54. The lowest BCUT2D eigenvalue weighted by Gasteiger charge is -2.35. The van der Waals surface area contributed by atoms with E-state index in [4.69, 9.17) is 4.74 Å². The fraction of sp³-hybridized carbons (Fsp3) is 0.333. The van der Waals surface area contributed by atoms with Gasteiger partial charge in [0.2, 0.25) is 0 Å². The summed E-state index contributed by atoms with van der Waals surface area (Å²) in [6.07, 6.45) is 3.39. The minimum atomic E-state index is -1.17. The van der Waals surface area contributed by atoms with Gasteiger partial charge in [-0.25, -0.2) is 4.79 Å². The Hall–Kier alpha value is -2.62. The minimum absolute atomic E-state index is 0.0230. The third-order valence-electron chi connectivity index (χ3n) is 5.24. The molecule has 2 aromatic rings. The highest BCUT2D eigenvalue weighted by molar-refractivity contribution is 5.97. The highest BCUT2D eigenvalue weighted by atomic mass is 16.6. The Morgan fingerprint density at radius 1 is 1.12 bits per heavy atom. The van der Waals surface area contributed by atoms with Gasteiger partial charge in [0, 0.05) is 6.42 Å². The number of hydrogen-bond donors (Lipinski definition) is 1. The monoisotopic (exact) mass is 335 g/mol. The fourth-order valence-electron chi connectivity index (χ4n) is 3.87. The molecular formula is C21H21NO3. The quantitative estimate of drug-likeness (QED) is 0.856. The van der Waals surface area contributed by atoms with Crippen molar-refractivity contribution in [2.45, 2.75) is 44.2 Å². The molecule has 1 aliphatic carbocycles. The van der Waals surface area contributed by atoms with Gasteiger partial charge in [0.25, 0.3) is 5.91 Å². The molecular weight excluding hydrogens is 314 g/mol. The minimum Gasteiger partial charge on any atom is -0.445 e. The standard InChI is InChI=1S/C21H21NO3/c1-21(13-15-8-3-5-11-17(15)19(23)25-21)20(24)22-18-12-6-9-14-7-2-4-10-16(14)18/h2-5,7-8,10-11,18H,6,9,12-13H2,1H3,(H,22,24)/t18-,21+/m1/s1. The van der Waals surface area contributed by atoms with Crippen molar-refractivity contribution >= 4 is 11.9 Å². The second-order valence-electron chi connectivity index (χ2n) is 7.07. The van der Waals surface area contributed by atoms with Crippen molar-refractivity contribution < 1.29 is 14.3 Å². The molecule has 0 aromatic heterocycles. The third kappa shape index (κ3) is 2.82. The number of carbonyl (C=O) groups excluding carboxylic acids is 2. The predicted molar refractivity (Wildman–Crippen MR) is 94.2 cm³/mol. The lowest BCUT2D eigenvalue weighted by molar-refractivity contribution is -0.140. The van der Waals surface area contributed by atoms with Gasteiger partial charge in [-0.1, -0.05) is 42.5 Å². The molecule has 1 aliphatic heterocycles. The van der Waals surface area contributed by atoms with Crippen LogP contribution in [0.15, 0.2) is 48.5 Å². The van der Waals surface area contributed by atoms with E-state index in [1.165, 1.54) is 11.1 Å². The van der Waals surface area contributed by atoms with E-state index in [0.29, 0.717) is 12.0 Å².